The molecule has 0 aromatic carbocycles. The van der Waals surface area contributed by atoms with Gasteiger partial charge in [0.05, 0.1) is 13.3 Å². The molecule has 0 amide bonds. The Morgan fingerprint density at radius 1 is 1.69 bits per heavy atom. The molecule has 7 heteroatoms. The van der Waals surface area contributed by atoms with Crippen molar-refractivity contribution in [2.45, 2.75) is 12.5 Å². The number of aromatic nitrogens is 1. The van der Waals surface area contributed by atoms with Crippen LogP contribution in [-0.4, -0.2) is 24.1 Å². The summed E-state index contributed by atoms with van der Waals surface area (Å²) in [6.45, 7) is 0. The standard InChI is InChI=1S/C9H9BrF2N2O2/c1-16-9(15)6(13)2-4-5(11)3-14-8(10)7(4)12/h3,6H,2,13H2,1H3. The van der Waals surface area contributed by atoms with Crippen LogP contribution >= 0.6 is 15.9 Å². The van der Waals surface area contributed by atoms with Crippen molar-refractivity contribution < 1.29 is 18.3 Å². The topological polar surface area (TPSA) is 65.2 Å². The number of esters is 1. The zero-order valence-electron chi connectivity index (χ0n) is 8.34. The summed E-state index contributed by atoms with van der Waals surface area (Å²) < 4.78 is 30.9. The minimum absolute atomic E-state index is 0.124. The van der Waals surface area contributed by atoms with Crippen molar-refractivity contribution in [2.24, 2.45) is 5.73 Å². The second-order valence-electron chi connectivity index (χ2n) is 3.02. The maximum absolute atomic E-state index is 13.4. The molecule has 1 aromatic heterocycles. The second kappa shape index (κ2) is 5.31. The molecule has 1 aromatic rings. The van der Waals surface area contributed by atoms with Gasteiger partial charge in [0.25, 0.3) is 0 Å². The molecular weight excluding hydrogens is 286 g/mol. The third-order valence-electron chi connectivity index (χ3n) is 1.95. The summed E-state index contributed by atoms with van der Waals surface area (Å²) in [6.07, 6.45) is 0.567. The number of carbonyl (C=O) groups excluding carboxylic acids is 1. The molecule has 1 heterocycles. The zero-order chi connectivity index (χ0) is 12.3. The van der Waals surface area contributed by atoms with Crippen molar-refractivity contribution in [1.29, 1.82) is 0 Å². The summed E-state index contributed by atoms with van der Waals surface area (Å²) in [4.78, 5) is 14.4. The molecular formula is C9H9BrF2N2O2. The smallest absolute Gasteiger partial charge is 0.322 e. The normalized spacial score (nSPS) is 12.3. The Morgan fingerprint density at radius 3 is 2.88 bits per heavy atom. The van der Waals surface area contributed by atoms with Gasteiger partial charge >= 0.3 is 5.97 Å². The lowest BCUT2D eigenvalue weighted by molar-refractivity contribution is -0.142. The van der Waals surface area contributed by atoms with Crippen molar-refractivity contribution in [2.75, 3.05) is 7.11 Å². The van der Waals surface area contributed by atoms with Crippen molar-refractivity contribution in [3.8, 4) is 0 Å². The molecule has 16 heavy (non-hydrogen) atoms. The minimum atomic E-state index is -1.11. The van der Waals surface area contributed by atoms with Crippen LogP contribution in [0.4, 0.5) is 8.78 Å². The summed E-state index contributed by atoms with van der Waals surface area (Å²) in [5.41, 5.74) is 5.11. The fourth-order valence-electron chi connectivity index (χ4n) is 1.12. The number of pyridine rings is 1. The Balaban J connectivity index is 2.97. The first-order chi connectivity index (χ1) is 7.47. The van der Waals surface area contributed by atoms with Gasteiger partial charge in [0, 0.05) is 12.0 Å². The molecule has 0 saturated carbocycles. The highest BCUT2D eigenvalue weighted by Gasteiger charge is 2.21. The van der Waals surface area contributed by atoms with Gasteiger partial charge in [-0.25, -0.2) is 13.8 Å². The molecule has 0 saturated heterocycles. The maximum Gasteiger partial charge on any atom is 0.322 e. The monoisotopic (exact) mass is 294 g/mol. The first-order valence-corrected chi connectivity index (χ1v) is 5.08. The van der Waals surface area contributed by atoms with Crippen LogP contribution in [0.15, 0.2) is 10.8 Å². The van der Waals surface area contributed by atoms with Gasteiger partial charge in [-0.05, 0) is 15.9 Å². The predicted molar refractivity (Wildman–Crippen MR) is 55.5 cm³/mol. The van der Waals surface area contributed by atoms with E-state index < -0.39 is 23.6 Å². The zero-order valence-corrected chi connectivity index (χ0v) is 9.92. The number of nitrogens with two attached hydrogens (primary N) is 1. The molecule has 0 fully saturated rings. The Hall–Kier alpha value is -1.08. The average molecular weight is 295 g/mol. The van der Waals surface area contributed by atoms with Crippen molar-refractivity contribution >= 4 is 21.9 Å². The van der Waals surface area contributed by atoms with Gasteiger partial charge in [-0.3, -0.25) is 4.79 Å². The van der Waals surface area contributed by atoms with Gasteiger partial charge in [0.2, 0.25) is 0 Å². The van der Waals surface area contributed by atoms with Crippen LogP contribution < -0.4 is 5.73 Å². The van der Waals surface area contributed by atoms with E-state index in [2.05, 4.69) is 25.7 Å². The van der Waals surface area contributed by atoms with Crippen LogP contribution in [0.1, 0.15) is 5.56 Å². The molecule has 0 aliphatic rings. The highest BCUT2D eigenvalue weighted by molar-refractivity contribution is 9.10. The van der Waals surface area contributed by atoms with Crippen molar-refractivity contribution in [1.82, 2.24) is 4.98 Å². The van der Waals surface area contributed by atoms with E-state index in [0.717, 1.165) is 13.3 Å². The van der Waals surface area contributed by atoms with E-state index in [9.17, 15) is 13.6 Å². The lowest BCUT2D eigenvalue weighted by atomic mass is 10.1. The molecule has 0 aliphatic heterocycles. The van der Waals surface area contributed by atoms with E-state index in [-0.39, 0.29) is 16.6 Å². The summed E-state index contributed by atoms with van der Waals surface area (Å²) in [5, 5.41) is 0. The molecule has 88 valence electrons. The number of carbonyl (C=O) groups is 1. The van der Waals surface area contributed by atoms with Gasteiger partial charge in [-0.1, -0.05) is 0 Å². The quantitative estimate of drug-likeness (QED) is 0.671. The Morgan fingerprint density at radius 2 is 2.31 bits per heavy atom. The Labute approximate surface area is 98.9 Å². The molecule has 0 bridgehead atoms. The summed E-state index contributed by atoms with van der Waals surface area (Å²) in [5.74, 6) is -2.44. The number of halogens is 3. The largest absolute Gasteiger partial charge is 0.468 e. The molecule has 1 rings (SSSR count). The number of ether oxygens (including phenoxy) is 1. The molecule has 4 nitrogen and oxygen atoms in total. The van der Waals surface area contributed by atoms with Gasteiger partial charge in [0.15, 0.2) is 5.82 Å². The highest BCUT2D eigenvalue weighted by atomic mass is 79.9. The van der Waals surface area contributed by atoms with Gasteiger partial charge in [0.1, 0.15) is 16.5 Å². The SMILES string of the molecule is COC(=O)C(N)Cc1c(F)cnc(Br)c1F. The summed E-state index contributed by atoms with van der Waals surface area (Å²) in [7, 11) is 1.15. The van der Waals surface area contributed by atoms with E-state index in [1.165, 1.54) is 0 Å². The number of methoxy groups -OCH3 is 1. The Bertz CT molecular complexity index is 415. The highest BCUT2D eigenvalue weighted by Crippen LogP contribution is 2.20. The van der Waals surface area contributed by atoms with Gasteiger partial charge in [-0.2, -0.15) is 0 Å². The van der Waals surface area contributed by atoms with E-state index in [4.69, 9.17) is 5.73 Å². The first-order valence-electron chi connectivity index (χ1n) is 4.29. The third kappa shape index (κ3) is 2.73. The van der Waals surface area contributed by atoms with Crippen LogP contribution in [0, 0.1) is 11.6 Å². The maximum atomic E-state index is 13.4. The van der Waals surface area contributed by atoms with E-state index in [0.29, 0.717) is 0 Å². The lowest BCUT2D eigenvalue weighted by Gasteiger charge is -2.10. The number of hydrogen-bond acceptors (Lipinski definition) is 4. The van der Waals surface area contributed by atoms with E-state index >= 15 is 0 Å². The first kappa shape index (κ1) is 13.0. The van der Waals surface area contributed by atoms with Gasteiger partial charge in [-0.15, -0.1) is 0 Å². The average Bonchev–Trinajstić information content (AvgIpc) is 2.28. The predicted octanol–water partition coefficient (Wildman–Crippen LogP) is 1.17. The molecule has 1 unspecified atom stereocenters. The van der Waals surface area contributed by atoms with Crippen LogP contribution in [-0.2, 0) is 16.0 Å². The summed E-state index contributed by atoms with van der Waals surface area (Å²) >= 11 is 2.81. The molecule has 0 radical (unpaired) electrons. The molecule has 2 N–H and O–H groups in total. The molecule has 0 spiro atoms. The molecule has 0 aliphatic carbocycles. The summed E-state index contributed by atoms with van der Waals surface area (Å²) in [6, 6.07) is -1.11. The second-order valence-corrected chi connectivity index (χ2v) is 3.77. The lowest BCUT2D eigenvalue weighted by Crippen LogP contribution is -2.34. The number of hydrogen-bond donors (Lipinski definition) is 1. The number of nitrogens with zero attached hydrogens (tertiary/aromatic N) is 1. The van der Waals surface area contributed by atoms with Crippen LogP contribution in [0.2, 0.25) is 0 Å². The fourth-order valence-corrected chi connectivity index (χ4v) is 1.46. The van der Waals surface area contributed by atoms with Crippen molar-refractivity contribution in [3.63, 3.8) is 0 Å². The van der Waals surface area contributed by atoms with Crippen LogP contribution in [0.25, 0.3) is 0 Å². The van der Waals surface area contributed by atoms with E-state index in [1.807, 2.05) is 0 Å². The fraction of sp³-hybridized carbons (Fsp3) is 0.333. The third-order valence-corrected chi connectivity index (χ3v) is 2.51. The minimum Gasteiger partial charge on any atom is -0.468 e. The van der Waals surface area contributed by atoms with Crippen molar-refractivity contribution in [3.05, 3.63) is 28.0 Å². The van der Waals surface area contributed by atoms with Crippen LogP contribution in [0.5, 0.6) is 0 Å². The molecule has 1 atom stereocenters. The Kier molecular flexibility index (Phi) is 4.31. The van der Waals surface area contributed by atoms with Gasteiger partial charge < -0.3 is 10.5 Å². The number of rotatable bonds is 3. The van der Waals surface area contributed by atoms with Crippen LogP contribution in [0.3, 0.4) is 0 Å². The van der Waals surface area contributed by atoms with E-state index in [1.54, 1.807) is 0 Å².